The smallest absolute Gasteiger partial charge is 0.293 e. The average molecular weight is 357 g/mol. The Hall–Kier alpha value is -2.83. The SMILES string of the molecule is Cc1ccc(CN(C)C(=O)c2ccc(N3CCCCC3)c([N+](=O)[O-])c2)o1. The number of rotatable bonds is 5. The van der Waals surface area contributed by atoms with Crippen molar-refractivity contribution in [3.05, 3.63) is 57.5 Å². The number of piperidine rings is 1. The molecule has 0 saturated carbocycles. The highest BCUT2D eigenvalue weighted by molar-refractivity contribution is 5.95. The van der Waals surface area contributed by atoms with E-state index in [4.69, 9.17) is 4.42 Å². The summed E-state index contributed by atoms with van der Waals surface area (Å²) in [4.78, 5) is 27.3. The van der Waals surface area contributed by atoms with Gasteiger partial charge in [0.2, 0.25) is 0 Å². The summed E-state index contributed by atoms with van der Waals surface area (Å²) >= 11 is 0. The van der Waals surface area contributed by atoms with Gasteiger partial charge in [-0.1, -0.05) is 0 Å². The van der Waals surface area contributed by atoms with Gasteiger partial charge in [0, 0.05) is 31.8 Å². The number of amides is 1. The van der Waals surface area contributed by atoms with Crippen LogP contribution in [0.5, 0.6) is 0 Å². The molecule has 2 heterocycles. The van der Waals surface area contributed by atoms with E-state index in [1.54, 1.807) is 19.2 Å². The zero-order valence-corrected chi connectivity index (χ0v) is 15.1. The van der Waals surface area contributed by atoms with Crippen LogP contribution in [-0.2, 0) is 6.54 Å². The Balaban J connectivity index is 1.81. The fraction of sp³-hybridized carbons (Fsp3) is 0.421. The molecular formula is C19H23N3O4. The van der Waals surface area contributed by atoms with Crippen molar-refractivity contribution in [1.29, 1.82) is 0 Å². The van der Waals surface area contributed by atoms with E-state index in [0.717, 1.165) is 38.1 Å². The number of nitro groups is 1. The van der Waals surface area contributed by atoms with E-state index in [1.165, 1.54) is 11.0 Å². The number of hydrogen-bond acceptors (Lipinski definition) is 5. The molecule has 1 saturated heterocycles. The lowest BCUT2D eigenvalue weighted by Crippen LogP contribution is -2.30. The minimum absolute atomic E-state index is 0.0139. The molecule has 0 N–H and O–H groups in total. The first-order chi connectivity index (χ1) is 12.5. The Bertz CT molecular complexity index is 809. The van der Waals surface area contributed by atoms with Crippen molar-refractivity contribution in [2.45, 2.75) is 32.7 Å². The zero-order valence-electron chi connectivity index (χ0n) is 15.1. The van der Waals surface area contributed by atoms with Crippen molar-refractivity contribution in [3.63, 3.8) is 0 Å². The van der Waals surface area contributed by atoms with Gasteiger partial charge in [0.25, 0.3) is 11.6 Å². The van der Waals surface area contributed by atoms with Gasteiger partial charge in [0.05, 0.1) is 11.5 Å². The summed E-state index contributed by atoms with van der Waals surface area (Å²) < 4.78 is 5.49. The Morgan fingerprint density at radius 1 is 1.23 bits per heavy atom. The molecule has 0 spiro atoms. The number of aryl methyl sites for hydroxylation is 1. The van der Waals surface area contributed by atoms with Gasteiger partial charge in [-0.2, -0.15) is 0 Å². The van der Waals surface area contributed by atoms with Crippen molar-refractivity contribution in [3.8, 4) is 0 Å². The summed E-state index contributed by atoms with van der Waals surface area (Å²) in [5, 5.41) is 11.5. The van der Waals surface area contributed by atoms with E-state index in [9.17, 15) is 14.9 Å². The Labute approximate surface area is 152 Å². The van der Waals surface area contributed by atoms with Crippen molar-refractivity contribution in [2.75, 3.05) is 25.0 Å². The van der Waals surface area contributed by atoms with Gasteiger partial charge in [-0.15, -0.1) is 0 Å². The summed E-state index contributed by atoms with van der Waals surface area (Å²) in [6, 6.07) is 8.41. The van der Waals surface area contributed by atoms with E-state index in [-0.39, 0.29) is 11.6 Å². The van der Waals surface area contributed by atoms with Crippen molar-refractivity contribution >= 4 is 17.3 Å². The van der Waals surface area contributed by atoms with Gasteiger partial charge in [-0.05, 0) is 50.5 Å². The van der Waals surface area contributed by atoms with Crippen LogP contribution in [0.1, 0.15) is 41.1 Å². The van der Waals surface area contributed by atoms with Crippen LogP contribution in [0.15, 0.2) is 34.7 Å². The second kappa shape index (κ2) is 7.59. The molecule has 26 heavy (non-hydrogen) atoms. The quantitative estimate of drug-likeness (QED) is 0.601. The summed E-state index contributed by atoms with van der Waals surface area (Å²) in [5.41, 5.74) is 0.888. The molecule has 0 unspecified atom stereocenters. The summed E-state index contributed by atoms with van der Waals surface area (Å²) in [6.07, 6.45) is 3.21. The van der Waals surface area contributed by atoms with Crippen LogP contribution in [0.25, 0.3) is 0 Å². The van der Waals surface area contributed by atoms with Gasteiger partial charge in [-0.3, -0.25) is 14.9 Å². The Morgan fingerprint density at radius 2 is 1.96 bits per heavy atom. The summed E-state index contributed by atoms with van der Waals surface area (Å²) in [7, 11) is 1.66. The predicted octanol–water partition coefficient (Wildman–Crippen LogP) is 3.76. The normalized spacial score (nSPS) is 14.3. The van der Waals surface area contributed by atoms with E-state index in [2.05, 4.69) is 0 Å². The van der Waals surface area contributed by atoms with E-state index in [0.29, 0.717) is 23.6 Å². The third-order valence-electron chi connectivity index (χ3n) is 4.65. The first kappa shape index (κ1) is 18.0. The maximum Gasteiger partial charge on any atom is 0.293 e. The van der Waals surface area contributed by atoms with Crippen LogP contribution in [0.3, 0.4) is 0 Å². The third-order valence-corrected chi connectivity index (χ3v) is 4.65. The lowest BCUT2D eigenvalue weighted by Gasteiger charge is -2.28. The monoisotopic (exact) mass is 357 g/mol. The number of benzene rings is 1. The number of furan rings is 1. The fourth-order valence-corrected chi connectivity index (χ4v) is 3.30. The molecule has 1 aromatic carbocycles. The van der Waals surface area contributed by atoms with Gasteiger partial charge < -0.3 is 14.2 Å². The fourth-order valence-electron chi connectivity index (χ4n) is 3.30. The molecule has 2 aromatic rings. The molecule has 7 nitrogen and oxygen atoms in total. The topological polar surface area (TPSA) is 79.8 Å². The molecule has 138 valence electrons. The molecular weight excluding hydrogens is 334 g/mol. The van der Waals surface area contributed by atoms with Crippen LogP contribution in [-0.4, -0.2) is 35.9 Å². The number of nitrogens with zero attached hydrogens (tertiary/aromatic N) is 3. The molecule has 1 aromatic heterocycles. The van der Waals surface area contributed by atoms with E-state index >= 15 is 0 Å². The van der Waals surface area contributed by atoms with Crippen LogP contribution in [0.2, 0.25) is 0 Å². The maximum atomic E-state index is 12.7. The molecule has 1 aliphatic rings. The molecule has 0 bridgehead atoms. The molecule has 0 atom stereocenters. The number of carbonyl (C=O) groups excluding carboxylic acids is 1. The van der Waals surface area contributed by atoms with Crippen LogP contribution >= 0.6 is 0 Å². The molecule has 3 rings (SSSR count). The summed E-state index contributed by atoms with van der Waals surface area (Å²) in [5.74, 6) is 1.19. The maximum absolute atomic E-state index is 12.7. The second-order valence-corrected chi connectivity index (χ2v) is 6.68. The highest BCUT2D eigenvalue weighted by atomic mass is 16.6. The minimum Gasteiger partial charge on any atom is -0.464 e. The Morgan fingerprint density at radius 3 is 2.58 bits per heavy atom. The van der Waals surface area contributed by atoms with Gasteiger partial charge >= 0.3 is 0 Å². The largest absolute Gasteiger partial charge is 0.464 e. The van der Waals surface area contributed by atoms with Crippen LogP contribution in [0.4, 0.5) is 11.4 Å². The highest BCUT2D eigenvalue weighted by Gasteiger charge is 2.24. The van der Waals surface area contributed by atoms with E-state index < -0.39 is 4.92 Å². The van der Waals surface area contributed by atoms with E-state index in [1.807, 2.05) is 24.0 Å². The number of carbonyl (C=O) groups is 1. The number of nitro benzene ring substituents is 1. The summed E-state index contributed by atoms with van der Waals surface area (Å²) in [6.45, 7) is 3.78. The van der Waals surface area contributed by atoms with Crippen molar-refractivity contribution in [2.24, 2.45) is 0 Å². The minimum atomic E-state index is -0.406. The average Bonchev–Trinajstić information content (AvgIpc) is 3.06. The number of hydrogen-bond donors (Lipinski definition) is 0. The molecule has 0 radical (unpaired) electrons. The third kappa shape index (κ3) is 3.87. The van der Waals surface area contributed by atoms with Gasteiger partial charge in [0.1, 0.15) is 17.2 Å². The molecule has 0 aliphatic carbocycles. The molecule has 1 aliphatic heterocycles. The standard InChI is InChI=1S/C19H23N3O4/c1-14-6-8-16(26-14)13-20(2)19(23)15-7-9-17(18(12-15)22(24)25)21-10-4-3-5-11-21/h6-9,12H,3-5,10-11,13H2,1-2H3. The molecule has 1 amide bonds. The predicted molar refractivity (Wildman–Crippen MR) is 98.4 cm³/mol. The first-order valence-electron chi connectivity index (χ1n) is 8.80. The van der Waals surface area contributed by atoms with Crippen LogP contribution < -0.4 is 4.90 Å². The second-order valence-electron chi connectivity index (χ2n) is 6.68. The number of anilines is 1. The molecule has 7 heteroatoms. The first-order valence-corrected chi connectivity index (χ1v) is 8.80. The van der Waals surface area contributed by atoms with Crippen LogP contribution in [0, 0.1) is 17.0 Å². The van der Waals surface area contributed by atoms with Crippen molar-refractivity contribution in [1.82, 2.24) is 4.90 Å². The lowest BCUT2D eigenvalue weighted by molar-refractivity contribution is -0.384. The Kier molecular flexibility index (Phi) is 5.25. The van der Waals surface area contributed by atoms with Gasteiger partial charge in [0.15, 0.2) is 0 Å². The zero-order chi connectivity index (χ0) is 18.7. The van der Waals surface area contributed by atoms with Crippen molar-refractivity contribution < 1.29 is 14.1 Å². The van der Waals surface area contributed by atoms with Gasteiger partial charge in [-0.25, -0.2) is 0 Å². The highest BCUT2D eigenvalue weighted by Crippen LogP contribution is 2.31. The lowest BCUT2D eigenvalue weighted by atomic mass is 10.1. The molecule has 1 fully saturated rings.